The minimum atomic E-state index is -0.352. The summed E-state index contributed by atoms with van der Waals surface area (Å²) >= 11 is 0. The van der Waals surface area contributed by atoms with Gasteiger partial charge in [-0.2, -0.15) is 0 Å². The standard InChI is InChI=1S/C16H19N3O2/c1-10(2)19-15(20)12-8-9-13(11-6-4-3-5-7-11)17-14(12)18-16(19)21/h3-7,10,13,17H,8-9H2,1-2H3,(H,18,21)/t13-/m0/s1. The molecule has 1 atom stereocenters. The molecule has 2 heterocycles. The molecule has 0 aliphatic carbocycles. The predicted molar refractivity (Wildman–Crippen MR) is 82.8 cm³/mol. The molecule has 110 valence electrons. The first-order valence-electron chi connectivity index (χ1n) is 7.27. The van der Waals surface area contributed by atoms with Crippen LogP contribution >= 0.6 is 0 Å². The molecule has 0 radical (unpaired) electrons. The van der Waals surface area contributed by atoms with Crippen LogP contribution in [0.2, 0.25) is 0 Å². The van der Waals surface area contributed by atoms with Crippen molar-refractivity contribution in [2.75, 3.05) is 5.32 Å². The van der Waals surface area contributed by atoms with Crippen molar-refractivity contribution in [2.45, 2.75) is 38.8 Å². The Balaban J connectivity index is 2.02. The highest BCUT2D eigenvalue weighted by atomic mass is 16.2. The van der Waals surface area contributed by atoms with Crippen molar-refractivity contribution in [3.63, 3.8) is 0 Å². The molecule has 5 nitrogen and oxygen atoms in total. The van der Waals surface area contributed by atoms with Gasteiger partial charge in [0.25, 0.3) is 5.56 Å². The van der Waals surface area contributed by atoms with E-state index < -0.39 is 0 Å². The maximum absolute atomic E-state index is 12.4. The van der Waals surface area contributed by atoms with Gasteiger partial charge < -0.3 is 5.32 Å². The molecule has 1 aromatic heterocycles. The van der Waals surface area contributed by atoms with E-state index in [4.69, 9.17) is 0 Å². The number of hydrogen-bond donors (Lipinski definition) is 2. The second-order valence-electron chi connectivity index (χ2n) is 5.70. The number of H-pyrrole nitrogens is 1. The van der Waals surface area contributed by atoms with E-state index in [1.54, 1.807) is 0 Å². The second-order valence-corrected chi connectivity index (χ2v) is 5.70. The maximum Gasteiger partial charge on any atom is 0.330 e. The van der Waals surface area contributed by atoms with E-state index in [0.717, 1.165) is 12.0 Å². The van der Waals surface area contributed by atoms with Crippen molar-refractivity contribution in [1.29, 1.82) is 0 Å². The molecule has 2 aromatic rings. The molecule has 0 saturated heterocycles. The Morgan fingerprint density at radius 1 is 1.19 bits per heavy atom. The van der Waals surface area contributed by atoms with Gasteiger partial charge in [-0.15, -0.1) is 0 Å². The summed E-state index contributed by atoms with van der Waals surface area (Å²) in [6, 6.07) is 10.1. The average molecular weight is 285 g/mol. The summed E-state index contributed by atoms with van der Waals surface area (Å²) in [6.07, 6.45) is 1.51. The first-order valence-corrected chi connectivity index (χ1v) is 7.27. The molecule has 0 unspecified atom stereocenters. The van der Waals surface area contributed by atoms with E-state index in [-0.39, 0.29) is 23.3 Å². The van der Waals surface area contributed by atoms with Crippen LogP contribution in [-0.4, -0.2) is 9.55 Å². The lowest BCUT2D eigenvalue weighted by Gasteiger charge is -2.27. The molecule has 1 aliphatic heterocycles. The Morgan fingerprint density at radius 2 is 1.90 bits per heavy atom. The van der Waals surface area contributed by atoms with Crippen LogP contribution in [0.15, 0.2) is 39.9 Å². The monoisotopic (exact) mass is 285 g/mol. The van der Waals surface area contributed by atoms with Gasteiger partial charge in [0.05, 0.1) is 11.6 Å². The van der Waals surface area contributed by atoms with Gasteiger partial charge in [0.1, 0.15) is 5.82 Å². The van der Waals surface area contributed by atoms with Crippen molar-refractivity contribution in [2.24, 2.45) is 0 Å². The molecular formula is C16H19N3O2. The summed E-state index contributed by atoms with van der Waals surface area (Å²) in [7, 11) is 0. The Bertz CT molecular complexity index is 759. The first-order chi connectivity index (χ1) is 10.1. The fraction of sp³-hybridized carbons (Fsp3) is 0.375. The highest BCUT2D eigenvalue weighted by Crippen LogP contribution is 2.28. The molecular weight excluding hydrogens is 266 g/mol. The van der Waals surface area contributed by atoms with E-state index in [9.17, 15) is 9.59 Å². The fourth-order valence-corrected chi connectivity index (χ4v) is 2.88. The SMILES string of the molecule is CC(C)n1c(=O)[nH]c2c(c1=O)CC[C@@H](c1ccccc1)N2. The van der Waals surface area contributed by atoms with Crippen molar-refractivity contribution in [1.82, 2.24) is 9.55 Å². The lowest BCUT2D eigenvalue weighted by atomic mass is 9.96. The van der Waals surface area contributed by atoms with Crippen molar-refractivity contribution in [3.8, 4) is 0 Å². The number of benzene rings is 1. The van der Waals surface area contributed by atoms with Crippen LogP contribution in [0.1, 0.15) is 43.5 Å². The second kappa shape index (κ2) is 5.24. The smallest absolute Gasteiger partial charge is 0.330 e. The Morgan fingerprint density at radius 3 is 2.57 bits per heavy atom. The van der Waals surface area contributed by atoms with Crippen LogP contribution in [0.5, 0.6) is 0 Å². The predicted octanol–water partition coefficient (Wildman–Crippen LogP) is 2.22. The lowest BCUT2D eigenvalue weighted by Crippen LogP contribution is -2.41. The third kappa shape index (κ3) is 2.39. The number of aromatic amines is 1. The molecule has 5 heteroatoms. The summed E-state index contributed by atoms with van der Waals surface area (Å²) < 4.78 is 1.28. The molecule has 3 rings (SSSR count). The quantitative estimate of drug-likeness (QED) is 0.889. The van der Waals surface area contributed by atoms with Gasteiger partial charge in [0, 0.05) is 6.04 Å². The van der Waals surface area contributed by atoms with Crippen molar-refractivity contribution >= 4 is 5.82 Å². The largest absolute Gasteiger partial charge is 0.364 e. The van der Waals surface area contributed by atoms with Crippen LogP contribution in [-0.2, 0) is 6.42 Å². The maximum atomic E-state index is 12.4. The number of nitrogens with zero attached hydrogens (tertiary/aromatic N) is 1. The number of rotatable bonds is 2. The molecule has 0 saturated carbocycles. The van der Waals surface area contributed by atoms with Crippen LogP contribution in [0, 0.1) is 0 Å². The average Bonchev–Trinajstić information content (AvgIpc) is 2.47. The Hall–Kier alpha value is -2.30. The van der Waals surface area contributed by atoms with Crippen molar-refractivity contribution in [3.05, 3.63) is 62.3 Å². The molecule has 21 heavy (non-hydrogen) atoms. The molecule has 0 spiro atoms. The summed E-state index contributed by atoms with van der Waals surface area (Å²) in [5, 5.41) is 3.29. The molecule has 2 N–H and O–H groups in total. The van der Waals surface area contributed by atoms with Gasteiger partial charge in [0.15, 0.2) is 0 Å². The highest BCUT2D eigenvalue weighted by molar-refractivity contribution is 5.47. The van der Waals surface area contributed by atoms with E-state index in [1.807, 2.05) is 32.0 Å². The Labute approximate surface area is 122 Å². The number of anilines is 1. The lowest BCUT2D eigenvalue weighted by molar-refractivity contribution is 0.530. The van der Waals surface area contributed by atoms with E-state index >= 15 is 0 Å². The molecule has 1 aliphatic rings. The molecule has 0 amide bonds. The summed E-state index contributed by atoms with van der Waals surface area (Å²) in [6.45, 7) is 3.68. The first kappa shape index (κ1) is 13.7. The number of hydrogen-bond acceptors (Lipinski definition) is 3. The van der Waals surface area contributed by atoms with Gasteiger partial charge >= 0.3 is 5.69 Å². The minimum Gasteiger partial charge on any atom is -0.364 e. The summed E-state index contributed by atoms with van der Waals surface area (Å²) in [5.74, 6) is 0.571. The van der Waals surface area contributed by atoms with Crippen molar-refractivity contribution < 1.29 is 0 Å². The Kier molecular flexibility index (Phi) is 3.41. The van der Waals surface area contributed by atoms with E-state index in [2.05, 4.69) is 22.4 Å². The summed E-state index contributed by atoms with van der Waals surface area (Å²) in [4.78, 5) is 27.3. The van der Waals surface area contributed by atoms with E-state index in [0.29, 0.717) is 17.8 Å². The highest BCUT2D eigenvalue weighted by Gasteiger charge is 2.24. The third-order valence-corrected chi connectivity index (χ3v) is 3.95. The number of fused-ring (bicyclic) bond motifs is 1. The topological polar surface area (TPSA) is 66.9 Å². The third-order valence-electron chi connectivity index (χ3n) is 3.95. The van der Waals surface area contributed by atoms with Crippen LogP contribution in [0.3, 0.4) is 0 Å². The number of aromatic nitrogens is 2. The zero-order chi connectivity index (χ0) is 15.0. The fourth-order valence-electron chi connectivity index (χ4n) is 2.88. The van der Waals surface area contributed by atoms with Crippen LogP contribution in [0.4, 0.5) is 5.82 Å². The normalized spacial score (nSPS) is 17.4. The van der Waals surface area contributed by atoms with Crippen LogP contribution in [0.25, 0.3) is 0 Å². The van der Waals surface area contributed by atoms with Gasteiger partial charge in [-0.05, 0) is 32.3 Å². The van der Waals surface area contributed by atoms with E-state index in [1.165, 1.54) is 4.57 Å². The molecule has 0 bridgehead atoms. The van der Waals surface area contributed by atoms with Gasteiger partial charge in [-0.1, -0.05) is 30.3 Å². The molecule has 0 fully saturated rings. The van der Waals surface area contributed by atoms with Gasteiger partial charge in [-0.25, -0.2) is 4.79 Å². The summed E-state index contributed by atoms with van der Waals surface area (Å²) in [5.41, 5.74) is 1.31. The van der Waals surface area contributed by atoms with Crippen LogP contribution < -0.4 is 16.6 Å². The number of nitrogens with one attached hydrogen (secondary N) is 2. The molecule has 1 aromatic carbocycles. The van der Waals surface area contributed by atoms with Gasteiger partial charge in [0.2, 0.25) is 0 Å². The zero-order valence-electron chi connectivity index (χ0n) is 12.2. The minimum absolute atomic E-state index is 0.128. The zero-order valence-corrected chi connectivity index (χ0v) is 12.2. The van der Waals surface area contributed by atoms with Gasteiger partial charge in [-0.3, -0.25) is 14.3 Å².